The largest absolute Gasteiger partial charge is 0.481 e. The highest BCUT2D eigenvalue weighted by molar-refractivity contribution is 6.32. The molecule has 0 aliphatic heterocycles. The van der Waals surface area contributed by atoms with Crippen molar-refractivity contribution in [3.63, 3.8) is 0 Å². The molecule has 2 rings (SSSR count). The summed E-state index contributed by atoms with van der Waals surface area (Å²) in [5.41, 5.74) is 1.88. The van der Waals surface area contributed by atoms with Crippen LogP contribution in [0.3, 0.4) is 0 Å². The smallest absolute Gasteiger partial charge is 0.307 e. The third kappa shape index (κ3) is 3.01. The Morgan fingerprint density at radius 2 is 2.00 bits per heavy atom. The summed E-state index contributed by atoms with van der Waals surface area (Å²) in [5, 5.41) is 9.50. The van der Waals surface area contributed by atoms with Crippen molar-refractivity contribution in [1.82, 2.24) is 0 Å². The lowest BCUT2D eigenvalue weighted by Gasteiger charge is -2.23. The average molecular weight is 253 g/mol. The predicted octanol–water partition coefficient (Wildman–Crippen LogP) is 4.01. The Bertz CT molecular complexity index is 409. The fourth-order valence-corrected chi connectivity index (χ4v) is 2.98. The van der Waals surface area contributed by atoms with E-state index in [1.807, 2.05) is 18.2 Å². The lowest BCUT2D eigenvalue weighted by Crippen LogP contribution is -2.07. The summed E-state index contributed by atoms with van der Waals surface area (Å²) >= 11 is 6.32. The number of carboxylic acid groups (broad SMARTS) is 1. The van der Waals surface area contributed by atoms with Crippen molar-refractivity contribution >= 4 is 17.6 Å². The van der Waals surface area contributed by atoms with Gasteiger partial charge < -0.3 is 5.11 Å². The molecule has 1 aromatic carbocycles. The highest BCUT2D eigenvalue weighted by atomic mass is 35.5. The normalized spacial score (nSPS) is 17.0. The molecule has 0 aromatic heterocycles. The van der Waals surface area contributed by atoms with Crippen LogP contribution in [0, 0.1) is 0 Å². The van der Waals surface area contributed by atoms with Gasteiger partial charge in [-0.25, -0.2) is 0 Å². The van der Waals surface area contributed by atoms with E-state index in [0.717, 1.165) is 11.1 Å². The molecule has 92 valence electrons. The Balaban J connectivity index is 2.24. The second-order valence-electron chi connectivity index (χ2n) is 4.73. The van der Waals surface area contributed by atoms with Gasteiger partial charge in [0.1, 0.15) is 0 Å². The molecule has 0 bridgehead atoms. The zero-order valence-electron chi connectivity index (χ0n) is 9.79. The lowest BCUT2D eigenvalue weighted by atomic mass is 9.83. The first-order valence-electron chi connectivity index (χ1n) is 6.17. The average Bonchev–Trinajstić information content (AvgIpc) is 2.32. The van der Waals surface area contributed by atoms with E-state index in [1.54, 1.807) is 0 Å². The summed E-state index contributed by atoms with van der Waals surface area (Å²) in [4.78, 5) is 10.7. The SMILES string of the molecule is O=C(O)Cc1cccc(C2CCCCC2)c1Cl. The van der Waals surface area contributed by atoms with Crippen LogP contribution in [-0.2, 0) is 11.2 Å². The molecule has 1 aliphatic carbocycles. The number of rotatable bonds is 3. The van der Waals surface area contributed by atoms with Gasteiger partial charge in [-0.3, -0.25) is 4.79 Å². The molecule has 2 nitrogen and oxygen atoms in total. The van der Waals surface area contributed by atoms with E-state index in [-0.39, 0.29) is 6.42 Å². The number of hydrogen-bond donors (Lipinski definition) is 1. The Kier molecular flexibility index (Phi) is 4.06. The Morgan fingerprint density at radius 3 is 2.65 bits per heavy atom. The maximum atomic E-state index is 10.7. The highest BCUT2D eigenvalue weighted by Crippen LogP contribution is 2.37. The molecule has 17 heavy (non-hydrogen) atoms. The van der Waals surface area contributed by atoms with Crippen molar-refractivity contribution < 1.29 is 9.90 Å². The minimum absolute atomic E-state index is 0.0133. The molecule has 1 fully saturated rings. The Morgan fingerprint density at radius 1 is 1.29 bits per heavy atom. The van der Waals surface area contributed by atoms with Gasteiger partial charge in [0, 0.05) is 5.02 Å². The molecule has 0 unspecified atom stereocenters. The lowest BCUT2D eigenvalue weighted by molar-refractivity contribution is -0.136. The van der Waals surface area contributed by atoms with Crippen LogP contribution in [0.1, 0.15) is 49.1 Å². The van der Waals surface area contributed by atoms with Crippen molar-refractivity contribution in [3.8, 4) is 0 Å². The van der Waals surface area contributed by atoms with Gasteiger partial charge in [0.15, 0.2) is 0 Å². The van der Waals surface area contributed by atoms with Gasteiger partial charge in [-0.2, -0.15) is 0 Å². The van der Waals surface area contributed by atoms with Gasteiger partial charge in [-0.05, 0) is 29.9 Å². The molecule has 0 heterocycles. The molecule has 0 saturated heterocycles. The van der Waals surface area contributed by atoms with Gasteiger partial charge in [0.05, 0.1) is 6.42 Å². The van der Waals surface area contributed by atoms with Gasteiger partial charge in [-0.15, -0.1) is 0 Å². The summed E-state index contributed by atoms with van der Waals surface area (Å²) in [6.07, 6.45) is 6.18. The van der Waals surface area contributed by atoms with Crippen molar-refractivity contribution in [2.75, 3.05) is 0 Å². The topological polar surface area (TPSA) is 37.3 Å². The van der Waals surface area contributed by atoms with Crippen molar-refractivity contribution in [1.29, 1.82) is 0 Å². The summed E-state index contributed by atoms with van der Waals surface area (Å²) in [7, 11) is 0. The molecule has 3 heteroatoms. The van der Waals surface area contributed by atoms with E-state index in [0.29, 0.717) is 10.9 Å². The summed E-state index contributed by atoms with van der Waals surface area (Å²) in [6, 6.07) is 5.78. The quantitative estimate of drug-likeness (QED) is 0.882. The van der Waals surface area contributed by atoms with Crippen LogP contribution in [0.2, 0.25) is 5.02 Å². The van der Waals surface area contributed by atoms with E-state index >= 15 is 0 Å². The van der Waals surface area contributed by atoms with Gasteiger partial charge >= 0.3 is 5.97 Å². The third-order valence-electron chi connectivity index (χ3n) is 3.50. The molecule has 1 aliphatic rings. The maximum absolute atomic E-state index is 10.7. The van der Waals surface area contributed by atoms with Crippen molar-refractivity contribution in [2.24, 2.45) is 0 Å². The van der Waals surface area contributed by atoms with E-state index in [4.69, 9.17) is 16.7 Å². The molecule has 0 radical (unpaired) electrons. The number of aliphatic carboxylic acids is 1. The molecule has 0 amide bonds. The fourth-order valence-electron chi connectivity index (χ4n) is 2.63. The van der Waals surface area contributed by atoms with Crippen molar-refractivity contribution in [2.45, 2.75) is 44.4 Å². The summed E-state index contributed by atoms with van der Waals surface area (Å²) in [6.45, 7) is 0. The van der Waals surface area contributed by atoms with Gasteiger partial charge in [-0.1, -0.05) is 49.1 Å². The number of carbonyl (C=O) groups is 1. The second kappa shape index (κ2) is 5.54. The number of benzene rings is 1. The Hall–Kier alpha value is -1.02. The molecule has 0 spiro atoms. The van der Waals surface area contributed by atoms with Crippen LogP contribution >= 0.6 is 11.6 Å². The van der Waals surface area contributed by atoms with Gasteiger partial charge in [0.2, 0.25) is 0 Å². The predicted molar refractivity (Wildman–Crippen MR) is 68.6 cm³/mol. The van der Waals surface area contributed by atoms with Crippen LogP contribution in [0.15, 0.2) is 18.2 Å². The first-order valence-corrected chi connectivity index (χ1v) is 6.55. The third-order valence-corrected chi connectivity index (χ3v) is 3.96. The van der Waals surface area contributed by atoms with Gasteiger partial charge in [0.25, 0.3) is 0 Å². The standard InChI is InChI=1S/C14H17ClO2/c15-14-11(9-13(16)17)7-4-8-12(14)10-5-2-1-3-6-10/h4,7-8,10H,1-3,5-6,9H2,(H,16,17). The Labute approximate surface area is 107 Å². The second-order valence-corrected chi connectivity index (χ2v) is 5.10. The first-order chi connectivity index (χ1) is 8.18. The van der Waals surface area contributed by atoms with E-state index in [2.05, 4.69) is 0 Å². The molecule has 0 atom stereocenters. The van der Waals surface area contributed by atoms with Crippen LogP contribution in [0.25, 0.3) is 0 Å². The van der Waals surface area contributed by atoms with Crippen LogP contribution in [0.5, 0.6) is 0 Å². The van der Waals surface area contributed by atoms with E-state index in [9.17, 15) is 4.79 Å². The summed E-state index contributed by atoms with van der Waals surface area (Å²) < 4.78 is 0. The minimum Gasteiger partial charge on any atom is -0.481 e. The van der Waals surface area contributed by atoms with Crippen LogP contribution in [-0.4, -0.2) is 11.1 Å². The molecular weight excluding hydrogens is 236 g/mol. The van der Waals surface area contributed by atoms with E-state index in [1.165, 1.54) is 32.1 Å². The molecular formula is C14H17ClO2. The highest BCUT2D eigenvalue weighted by Gasteiger charge is 2.19. The zero-order valence-corrected chi connectivity index (χ0v) is 10.5. The molecule has 1 saturated carbocycles. The number of hydrogen-bond acceptors (Lipinski definition) is 1. The van der Waals surface area contributed by atoms with Crippen LogP contribution in [0.4, 0.5) is 0 Å². The van der Waals surface area contributed by atoms with E-state index < -0.39 is 5.97 Å². The van der Waals surface area contributed by atoms with Crippen molar-refractivity contribution in [3.05, 3.63) is 34.3 Å². The minimum atomic E-state index is -0.826. The molecule has 1 aromatic rings. The number of carboxylic acids is 1. The zero-order chi connectivity index (χ0) is 12.3. The van der Waals surface area contributed by atoms with Crippen LogP contribution < -0.4 is 0 Å². The fraction of sp³-hybridized carbons (Fsp3) is 0.500. The maximum Gasteiger partial charge on any atom is 0.307 e. The summed E-state index contributed by atoms with van der Waals surface area (Å²) in [5.74, 6) is -0.308. The molecule has 1 N–H and O–H groups in total. The number of halogens is 1. The monoisotopic (exact) mass is 252 g/mol. The first kappa shape index (κ1) is 12.4.